The Labute approximate surface area is 389 Å². The van der Waals surface area contributed by atoms with Crippen LogP contribution in [0, 0.1) is 0 Å². The molecule has 2 fully saturated rings. The van der Waals surface area contributed by atoms with Gasteiger partial charge in [0, 0.05) is 6.42 Å². The molecule has 65 heavy (non-hydrogen) atoms. The molecule has 1 amide bonds. The molecule has 12 unspecified atom stereocenters. The van der Waals surface area contributed by atoms with Gasteiger partial charge in [-0.3, -0.25) is 4.79 Å². The molecule has 0 bridgehead atoms. The molecule has 14 heteroatoms. The summed E-state index contributed by atoms with van der Waals surface area (Å²) in [5.41, 5.74) is 0. The van der Waals surface area contributed by atoms with Crippen molar-refractivity contribution >= 4 is 5.91 Å². The van der Waals surface area contributed by atoms with Gasteiger partial charge >= 0.3 is 0 Å². The van der Waals surface area contributed by atoms with Crippen LogP contribution in [-0.4, -0.2) is 140 Å². The third kappa shape index (κ3) is 24.7. The molecular formula is C51H85NO13. The van der Waals surface area contributed by atoms with Crippen molar-refractivity contribution in [3.05, 3.63) is 85.1 Å². The Bertz CT molecular complexity index is 1410. The van der Waals surface area contributed by atoms with E-state index in [1.165, 1.54) is 25.7 Å². The van der Waals surface area contributed by atoms with Gasteiger partial charge < -0.3 is 65.1 Å². The second kappa shape index (κ2) is 37.2. The van der Waals surface area contributed by atoms with Gasteiger partial charge in [-0.25, -0.2) is 0 Å². The third-order valence-corrected chi connectivity index (χ3v) is 11.3. The van der Waals surface area contributed by atoms with Crippen LogP contribution < -0.4 is 5.32 Å². The van der Waals surface area contributed by atoms with E-state index in [4.69, 9.17) is 18.9 Å². The zero-order chi connectivity index (χ0) is 47.5. The molecule has 2 aliphatic heterocycles. The Balaban J connectivity index is 1.91. The lowest BCUT2D eigenvalue weighted by atomic mass is 9.97. The predicted molar refractivity (Wildman–Crippen MR) is 253 cm³/mol. The quantitative estimate of drug-likeness (QED) is 0.0270. The average Bonchev–Trinajstić information content (AvgIpc) is 3.30. The van der Waals surface area contributed by atoms with E-state index < -0.39 is 86.8 Å². The van der Waals surface area contributed by atoms with Crippen molar-refractivity contribution in [1.82, 2.24) is 5.32 Å². The molecule has 0 radical (unpaired) electrons. The van der Waals surface area contributed by atoms with Crippen LogP contribution in [0.4, 0.5) is 0 Å². The Morgan fingerprint density at radius 1 is 0.569 bits per heavy atom. The maximum absolute atomic E-state index is 13.1. The number of unbranched alkanes of at least 4 members (excludes halogenated alkanes) is 10. The number of hydrogen-bond acceptors (Lipinski definition) is 13. The summed E-state index contributed by atoms with van der Waals surface area (Å²) >= 11 is 0. The highest BCUT2D eigenvalue weighted by atomic mass is 16.7. The van der Waals surface area contributed by atoms with Gasteiger partial charge in [0.15, 0.2) is 12.6 Å². The van der Waals surface area contributed by atoms with Gasteiger partial charge in [-0.05, 0) is 83.5 Å². The zero-order valence-corrected chi connectivity index (χ0v) is 39.2. The minimum absolute atomic E-state index is 0.237. The van der Waals surface area contributed by atoms with Crippen LogP contribution in [0.3, 0.4) is 0 Å². The lowest BCUT2D eigenvalue weighted by Crippen LogP contribution is -2.65. The van der Waals surface area contributed by atoms with E-state index in [1.54, 1.807) is 6.08 Å². The highest BCUT2D eigenvalue weighted by Gasteiger charge is 2.51. The average molecular weight is 920 g/mol. The minimum Gasteiger partial charge on any atom is -0.394 e. The molecule has 0 aromatic carbocycles. The maximum Gasteiger partial charge on any atom is 0.220 e. The van der Waals surface area contributed by atoms with Gasteiger partial charge in [0.25, 0.3) is 0 Å². The van der Waals surface area contributed by atoms with Crippen LogP contribution in [0.15, 0.2) is 85.1 Å². The largest absolute Gasteiger partial charge is 0.394 e. The van der Waals surface area contributed by atoms with Crippen molar-refractivity contribution in [1.29, 1.82) is 0 Å². The number of ether oxygens (including phenoxy) is 4. The smallest absolute Gasteiger partial charge is 0.220 e. The van der Waals surface area contributed by atoms with Crippen LogP contribution in [0.25, 0.3) is 0 Å². The summed E-state index contributed by atoms with van der Waals surface area (Å²) in [6, 6.07) is -0.954. The summed E-state index contributed by atoms with van der Waals surface area (Å²) in [5.74, 6) is -0.283. The number of aliphatic hydroxyl groups is 8. The summed E-state index contributed by atoms with van der Waals surface area (Å²) < 4.78 is 22.6. The summed E-state index contributed by atoms with van der Waals surface area (Å²) in [6.45, 7) is 2.57. The number of aliphatic hydroxyl groups excluding tert-OH is 8. The highest BCUT2D eigenvalue weighted by Crippen LogP contribution is 2.30. The summed E-state index contributed by atoms with van der Waals surface area (Å²) in [4.78, 5) is 13.1. The topological polar surface area (TPSA) is 228 Å². The standard InChI is InChI=1S/C51H85NO13/c1-3-5-7-9-11-13-15-17-19-20-21-23-25-27-29-31-33-35-43(56)52-39(40(55)34-32-30-28-26-24-22-18-16-14-12-10-8-6-4-2)38-62-50-48(61)46(59)49(42(37-54)64-50)65-51-47(60)45(58)44(57)41(36-53)63-51/h5,7,11,13-14,16-17,19,21,23-24,26,32,34,39-42,44-51,53-55,57-61H,3-4,6,8-10,12,15,18,20,22,25,27-31,33,35-38H2,1-2H3,(H,52,56)/b7-5-,13-11-,16-14+,19-17-,23-21-,26-24+,34-32+. The zero-order valence-electron chi connectivity index (χ0n) is 39.2. The second-order valence-corrected chi connectivity index (χ2v) is 16.8. The van der Waals surface area contributed by atoms with E-state index in [-0.39, 0.29) is 18.9 Å². The Hall–Kier alpha value is -2.83. The molecule has 372 valence electrons. The Morgan fingerprint density at radius 2 is 1.08 bits per heavy atom. The number of carbonyl (C=O) groups excluding carboxylic acids is 1. The van der Waals surface area contributed by atoms with E-state index in [2.05, 4.69) is 92.1 Å². The van der Waals surface area contributed by atoms with Crippen molar-refractivity contribution in [3.8, 4) is 0 Å². The molecule has 12 atom stereocenters. The fourth-order valence-corrected chi connectivity index (χ4v) is 7.31. The predicted octanol–water partition coefficient (Wildman–Crippen LogP) is 5.82. The van der Waals surface area contributed by atoms with E-state index >= 15 is 0 Å². The summed E-state index contributed by atoms with van der Waals surface area (Å²) in [6.07, 6.45) is 30.5. The second-order valence-electron chi connectivity index (χ2n) is 16.8. The van der Waals surface area contributed by atoms with Gasteiger partial charge in [-0.15, -0.1) is 0 Å². The highest BCUT2D eigenvalue weighted by molar-refractivity contribution is 5.76. The molecule has 9 N–H and O–H groups in total. The number of carbonyl (C=O) groups is 1. The van der Waals surface area contributed by atoms with Gasteiger partial charge in [-0.1, -0.05) is 131 Å². The first-order valence-electron chi connectivity index (χ1n) is 24.3. The van der Waals surface area contributed by atoms with Crippen LogP contribution >= 0.6 is 0 Å². The van der Waals surface area contributed by atoms with E-state index in [1.807, 2.05) is 6.08 Å². The molecule has 0 aliphatic carbocycles. The first kappa shape index (κ1) is 58.3. The van der Waals surface area contributed by atoms with Gasteiger partial charge in [-0.2, -0.15) is 0 Å². The fraction of sp³-hybridized carbons (Fsp3) is 0.706. The fourth-order valence-electron chi connectivity index (χ4n) is 7.31. The lowest BCUT2D eigenvalue weighted by Gasteiger charge is -2.46. The minimum atomic E-state index is -1.80. The molecule has 0 aromatic heterocycles. The number of amides is 1. The Morgan fingerprint density at radius 3 is 1.68 bits per heavy atom. The summed E-state index contributed by atoms with van der Waals surface area (Å²) in [5, 5.41) is 86.6. The van der Waals surface area contributed by atoms with E-state index in [0.717, 1.165) is 77.0 Å². The van der Waals surface area contributed by atoms with Gasteiger partial charge in [0.1, 0.15) is 48.8 Å². The van der Waals surface area contributed by atoms with E-state index in [9.17, 15) is 45.6 Å². The monoisotopic (exact) mass is 920 g/mol. The molecule has 2 saturated heterocycles. The van der Waals surface area contributed by atoms with Crippen molar-refractivity contribution < 1.29 is 64.6 Å². The molecule has 14 nitrogen and oxygen atoms in total. The number of allylic oxidation sites excluding steroid dienone is 13. The van der Waals surface area contributed by atoms with Crippen LogP contribution in [0.1, 0.15) is 136 Å². The third-order valence-electron chi connectivity index (χ3n) is 11.3. The molecular weight excluding hydrogens is 835 g/mol. The Kier molecular flexibility index (Phi) is 33.4. The van der Waals surface area contributed by atoms with Crippen molar-refractivity contribution in [2.75, 3.05) is 19.8 Å². The first-order valence-corrected chi connectivity index (χ1v) is 24.3. The lowest BCUT2D eigenvalue weighted by molar-refractivity contribution is -0.359. The number of rotatable bonds is 35. The van der Waals surface area contributed by atoms with E-state index in [0.29, 0.717) is 12.8 Å². The summed E-state index contributed by atoms with van der Waals surface area (Å²) in [7, 11) is 0. The van der Waals surface area contributed by atoms with Crippen molar-refractivity contribution in [2.45, 2.75) is 209 Å². The van der Waals surface area contributed by atoms with Gasteiger partial charge in [0.2, 0.25) is 5.91 Å². The molecule has 2 heterocycles. The van der Waals surface area contributed by atoms with Crippen LogP contribution in [0.2, 0.25) is 0 Å². The molecule has 0 aromatic rings. The first-order chi connectivity index (χ1) is 31.6. The molecule has 0 saturated carbocycles. The normalized spacial score (nSPS) is 27.8. The van der Waals surface area contributed by atoms with Crippen LogP contribution in [-0.2, 0) is 23.7 Å². The maximum atomic E-state index is 13.1. The van der Waals surface area contributed by atoms with Gasteiger partial charge in [0.05, 0.1) is 32.0 Å². The van der Waals surface area contributed by atoms with Crippen LogP contribution in [0.5, 0.6) is 0 Å². The van der Waals surface area contributed by atoms with Crippen molar-refractivity contribution in [3.63, 3.8) is 0 Å². The van der Waals surface area contributed by atoms with Crippen molar-refractivity contribution in [2.24, 2.45) is 0 Å². The number of hydrogen-bond donors (Lipinski definition) is 9. The molecule has 2 rings (SSSR count). The molecule has 0 spiro atoms. The SMILES string of the molecule is CC/C=C\C/C=C\C/C=C\C/C=C\CCCCCCC(=O)NC(COC1OC(CO)C(OC2OC(CO)C(O)C(O)C2O)C(O)C1O)C(O)/C=C/CC/C=C/CC/C=C/CCCCCC. The molecule has 2 aliphatic rings. The number of nitrogens with one attached hydrogen (secondary N) is 1.